The van der Waals surface area contributed by atoms with Crippen LogP contribution in [-0.2, 0) is 0 Å². The first-order valence-electron chi connectivity index (χ1n) is 8.26. The molecular formula is C16H26N2S. The number of fused-ring (bicyclic) bond motifs is 3. The summed E-state index contributed by atoms with van der Waals surface area (Å²) in [5.41, 5.74) is 0. The van der Waals surface area contributed by atoms with E-state index in [2.05, 4.69) is 12.2 Å². The second-order valence-electron chi connectivity index (χ2n) is 7.28. The van der Waals surface area contributed by atoms with Gasteiger partial charge in [-0.1, -0.05) is 24.6 Å². The van der Waals surface area contributed by atoms with Gasteiger partial charge in [-0.15, -0.1) is 0 Å². The molecule has 4 rings (SSSR count). The molecule has 1 N–H and O–H groups in total. The second kappa shape index (κ2) is 4.98. The van der Waals surface area contributed by atoms with Crippen molar-refractivity contribution in [1.82, 2.24) is 5.32 Å². The Morgan fingerprint density at radius 2 is 2.11 bits per heavy atom. The van der Waals surface area contributed by atoms with Crippen molar-refractivity contribution in [2.45, 2.75) is 64.0 Å². The van der Waals surface area contributed by atoms with Gasteiger partial charge in [-0.2, -0.15) is 0 Å². The Hall–Kier alpha value is -0.180. The molecular weight excluding hydrogens is 252 g/mol. The predicted octanol–water partition coefficient (Wildman–Crippen LogP) is 3.67. The third-order valence-electron chi connectivity index (χ3n) is 6.12. The number of rotatable bonds is 2. The van der Waals surface area contributed by atoms with Crippen LogP contribution in [0.5, 0.6) is 0 Å². The summed E-state index contributed by atoms with van der Waals surface area (Å²) in [7, 11) is 0. The van der Waals surface area contributed by atoms with Crippen LogP contribution in [0, 0.1) is 23.7 Å². The van der Waals surface area contributed by atoms with Gasteiger partial charge < -0.3 is 5.32 Å². The average molecular weight is 278 g/mol. The molecule has 0 radical (unpaired) electrons. The van der Waals surface area contributed by atoms with E-state index in [9.17, 15) is 0 Å². The van der Waals surface area contributed by atoms with Gasteiger partial charge in [-0.25, -0.2) is 0 Å². The molecule has 2 bridgehead atoms. The number of nitrogens with one attached hydrogen (secondary N) is 1. The normalized spacial score (nSPS) is 45.9. The van der Waals surface area contributed by atoms with Crippen LogP contribution < -0.4 is 5.32 Å². The number of hydrogen-bond donors (Lipinski definition) is 1. The summed E-state index contributed by atoms with van der Waals surface area (Å²) in [5.74, 6) is 5.18. The van der Waals surface area contributed by atoms with Crippen molar-refractivity contribution in [2.75, 3.05) is 5.75 Å². The maximum absolute atomic E-state index is 4.99. The number of thioether (sulfide) groups is 1. The van der Waals surface area contributed by atoms with E-state index in [0.717, 1.165) is 23.7 Å². The molecule has 0 aromatic rings. The van der Waals surface area contributed by atoms with E-state index in [-0.39, 0.29) is 0 Å². The van der Waals surface area contributed by atoms with E-state index >= 15 is 0 Å². The summed E-state index contributed by atoms with van der Waals surface area (Å²) in [6, 6.07) is 1.29. The fourth-order valence-corrected chi connectivity index (χ4v) is 6.28. The zero-order valence-electron chi connectivity index (χ0n) is 12.0. The van der Waals surface area contributed by atoms with E-state index in [1.54, 1.807) is 0 Å². The quantitative estimate of drug-likeness (QED) is 0.833. The fourth-order valence-electron chi connectivity index (χ4n) is 5.04. The Morgan fingerprint density at radius 3 is 2.89 bits per heavy atom. The first-order chi connectivity index (χ1) is 9.29. The Bertz CT molecular complexity index is 381. The lowest BCUT2D eigenvalue weighted by Crippen LogP contribution is -2.41. The van der Waals surface area contributed by atoms with Crippen LogP contribution in [0.25, 0.3) is 0 Å². The van der Waals surface area contributed by atoms with Crippen LogP contribution >= 0.6 is 11.8 Å². The van der Waals surface area contributed by atoms with Crippen molar-refractivity contribution in [3.05, 3.63) is 0 Å². The summed E-state index contributed by atoms with van der Waals surface area (Å²) in [6.07, 6.45) is 10.1. The molecule has 3 aliphatic carbocycles. The largest absolute Gasteiger partial charge is 0.362 e. The minimum atomic E-state index is 0.638. The zero-order chi connectivity index (χ0) is 12.8. The Morgan fingerprint density at radius 1 is 1.16 bits per heavy atom. The number of nitrogens with zero attached hydrogens (tertiary/aromatic N) is 1. The molecule has 0 aromatic heterocycles. The lowest BCUT2D eigenvalue weighted by atomic mass is 9.84. The van der Waals surface area contributed by atoms with Crippen molar-refractivity contribution in [1.29, 1.82) is 0 Å². The molecule has 2 nitrogen and oxygen atoms in total. The van der Waals surface area contributed by atoms with Crippen molar-refractivity contribution >= 4 is 16.9 Å². The van der Waals surface area contributed by atoms with Crippen molar-refractivity contribution in [3.8, 4) is 0 Å². The summed E-state index contributed by atoms with van der Waals surface area (Å²) in [5, 5.41) is 5.03. The monoisotopic (exact) mass is 278 g/mol. The lowest BCUT2D eigenvalue weighted by Gasteiger charge is -2.31. The molecule has 3 heteroatoms. The Balaban J connectivity index is 1.38. The number of hydrogen-bond acceptors (Lipinski definition) is 3. The van der Waals surface area contributed by atoms with E-state index < -0.39 is 0 Å². The molecule has 0 aromatic carbocycles. The van der Waals surface area contributed by atoms with Crippen molar-refractivity contribution in [3.63, 3.8) is 0 Å². The molecule has 19 heavy (non-hydrogen) atoms. The van der Waals surface area contributed by atoms with Crippen LogP contribution in [0.2, 0.25) is 0 Å². The molecule has 106 valence electrons. The van der Waals surface area contributed by atoms with Crippen LogP contribution in [0.15, 0.2) is 4.99 Å². The molecule has 0 amide bonds. The highest BCUT2D eigenvalue weighted by molar-refractivity contribution is 8.13. The number of aliphatic imine (C=N–C) groups is 1. The molecule has 3 fully saturated rings. The third kappa shape index (κ3) is 2.32. The van der Waals surface area contributed by atoms with E-state index in [4.69, 9.17) is 4.99 Å². The average Bonchev–Trinajstić information content (AvgIpc) is 3.13. The Kier molecular flexibility index (Phi) is 3.29. The molecule has 1 heterocycles. The molecule has 6 unspecified atom stereocenters. The van der Waals surface area contributed by atoms with E-state index in [1.165, 1.54) is 55.9 Å². The van der Waals surface area contributed by atoms with Crippen molar-refractivity contribution < 1.29 is 0 Å². The smallest absolute Gasteiger partial charge is 0.157 e. The van der Waals surface area contributed by atoms with Crippen LogP contribution in [0.4, 0.5) is 0 Å². The van der Waals surface area contributed by atoms with Crippen molar-refractivity contribution in [2.24, 2.45) is 28.7 Å². The van der Waals surface area contributed by atoms with Crippen LogP contribution in [0.3, 0.4) is 0 Å². The van der Waals surface area contributed by atoms with Gasteiger partial charge in [0, 0.05) is 11.8 Å². The van der Waals surface area contributed by atoms with Gasteiger partial charge >= 0.3 is 0 Å². The molecule has 4 aliphatic rings. The van der Waals surface area contributed by atoms with Crippen LogP contribution in [0.1, 0.15) is 51.9 Å². The van der Waals surface area contributed by atoms with Gasteiger partial charge in [0.1, 0.15) is 0 Å². The standard InChI is InChI=1S/C16H26N2S/c1-10(14-8-11-5-6-12(14)7-11)17-16-18-15-4-2-3-13(15)9-19-16/h10-15H,2-9H2,1H3,(H,17,18). The predicted molar refractivity (Wildman–Crippen MR) is 82.6 cm³/mol. The van der Waals surface area contributed by atoms with E-state index in [1.807, 2.05) is 11.8 Å². The first-order valence-corrected chi connectivity index (χ1v) is 9.25. The minimum Gasteiger partial charge on any atom is -0.362 e. The summed E-state index contributed by atoms with van der Waals surface area (Å²) in [6.45, 7) is 2.40. The SMILES string of the molecule is CC(NC1=NC2CCCC2CS1)C1CC2CCC1C2. The summed E-state index contributed by atoms with van der Waals surface area (Å²) in [4.78, 5) is 4.99. The van der Waals surface area contributed by atoms with E-state index in [0.29, 0.717) is 12.1 Å². The van der Waals surface area contributed by atoms with Crippen LogP contribution in [-0.4, -0.2) is 23.0 Å². The molecule has 0 saturated heterocycles. The fraction of sp³-hybridized carbons (Fsp3) is 0.938. The highest BCUT2D eigenvalue weighted by atomic mass is 32.2. The van der Waals surface area contributed by atoms with Gasteiger partial charge in [0.25, 0.3) is 0 Å². The summed E-state index contributed by atoms with van der Waals surface area (Å²) >= 11 is 1.99. The maximum atomic E-state index is 4.99. The van der Waals surface area contributed by atoms with Gasteiger partial charge in [0.05, 0.1) is 6.04 Å². The Labute approximate surface area is 121 Å². The van der Waals surface area contributed by atoms with Gasteiger partial charge in [-0.05, 0) is 62.7 Å². The maximum Gasteiger partial charge on any atom is 0.157 e. The molecule has 3 saturated carbocycles. The topological polar surface area (TPSA) is 24.4 Å². The number of amidine groups is 1. The van der Waals surface area contributed by atoms with Gasteiger partial charge in [0.15, 0.2) is 5.17 Å². The summed E-state index contributed by atoms with van der Waals surface area (Å²) < 4.78 is 0. The zero-order valence-corrected chi connectivity index (χ0v) is 12.8. The lowest BCUT2D eigenvalue weighted by molar-refractivity contribution is 0.279. The highest BCUT2D eigenvalue weighted by Gasteiger charge is 2.42. The first kappa shape index (κ1) is 12.6. The second-order valence-corrected chi connectivity index (χ2v) is 8.28. The van der Waals surface area contributed by atoms with Gasteiger partial charge in [-0.3, -0.25) is 4.99 Å². The molecule has 0 spiro atoms. The van der Waals surface area contributed by atoms with Gasteiger partial charge in [0.2, 0.25) is 0 Å². The molecule has 1 aliphatic heterocycles. The third-order valence-corrected chi connectivity index (χ3v) is 7.21. The highest BCUT2D eigenvalue weighted by Crippen LogP contribution is 2.49. The minimum absolute atomic E-state index is 0.638. The molecule has 6 atom stereocenters.